The van der Waals surface area contributed by atoms with E-state index in [4.69, 9.17) is 0 Å². The minimum atomic E-state index is -1.28. The largest absolute Gasteiger partial charge is 0.389 e. The fraction of sp³-hybridized carbons (Fsp3) is 0.842. The van der Waals surface area contributed by atoms with Gasteiger partial charge in [-0.05, 0) is 73.7 Å². The molecule has 0 bridgehead atoms. The first-order chi connectivity index (χ1) is 10.4. The molecule has 3 saturated carbocycles. The van der Waals surface area contributed by atoms with E-state index in [0.717, 1.165) is 32.1 Å². The fourth-order valence-electron chi connectivity index (χ4n) is 6.56. The number of alkyl halides is 1. The van der Waals surface area contributed by atoms with Gasteiger partial charge >= 0.3 is 0 Å². The summed E-state index contributed by atoms with van der Waals surface area (Å²) in [6, 6.07) is 0. The zero-order valence-corrected chi connectivity index (χ0v) is 13.6. The molecule has 2 nitrogen and oxygen atoms in total. The minimum Gasteiger partial charge on any atom is -0.389 e. The highest BCUT2D eigenvalue weighted by atomic mass is 19.1. The van der Waals surface area contributed by atoms with Crippen molar-refractivity contribution in [3.63, 3.8) is 0 Å². The lowest BCUT2D eigenvalue weighted by molar-refractivity contribution is -0.136. The Morgan fingerprint density at radius 2 is 1.95 bits per heavy atom. The van der Waals surface area contributed by atoms with E-state index in [1.165, 1.54) is 12.0 Å². The maximum Gasteiger partial charge on any atom is 0.173 e. The second-order valence-corrected chi connectivity index (χ2v) is 8.62. The van der Waals surface area contributed by atoms with Crippen LogP contribution in [0.3, 0.4) is 0 Å². The van der Waals surface area contributed by atoms with Crippen molar-refractivity contribution in [2.24, 2.45) is 28.6 Å². The summed E-state index contributed by atoms with van der Waals surface area (Å²) in [5, 5.41) is 10.7. The molecule has 0 heterocycles. The van der Waals surface area contributed by atoms with E-state index in [9.17, 15) is 14.3 Å². The number of rotatable bonds is 0. The van der Waals surface area contributed by atoms with Crippen molar-refractivity contribution < 1.29 is 14.3 Å². The monoisotopic (exact) mass is 306 g/mol. The summed E-state index contributed by atoms with van der Waals surface area (Å²) in [6.45, 7) is 4.29. The van der Waals surface area contributed by atoms with Gasteiger partial charge < -0.3 is 5.11 Å². The van der Waals surface area contributed by atoms with Crippen LogP contribution < -0.4 is 0 Å². The highest BCUT2D eigenvalue weighted by Crippen LogP contribution is 2.64. The predicted molar refractivity (Wildman–Crippen MR) is 83.0 cm³/mol. The lowest BCUT2D eigenvalue weighted by Crippen LogP contribution is -2.53. The molecule has 0 aromatic rings. The molecule has 0 amide bonds. The van der Waals surface area contributed by atoms with Crippen molar-refractivity contribution in [1.29, 1.82) is 0 Å². The third kappa shape index (κ3) is 1.72. The SMILES string of the molecule is C[C@]12CCCC=C1[C@@H](O)C[C@@H]1[C@@H]2CC[C@]2(C)C(=O)[C@H](F)C[C@@H]12. The second-order valence-electron chi connectivity index (χ2n) is 8.62. The van der Waals surface area contributed by atoms with E-state index in [2.05, 4.69) is 13.0 Å². The van der Waals surface area contributed by atoms with Crippen LogP contribution >= 0.6 is 0 Å². The van der Waals surface area contributed by atoms with Crippen LogP contribution in [0.5, 0.6) is 0 Å². The zero-order valence-electron chi connectivity index (χ0n) is 13.6. The Balaban J connectivity index is 1.74. The lowest BCUT2D eigenvalue weighted by atomic mass is 9.47. The van der Waals surface area contributed by atoms with E-state index in [-0.39, 0.29) is 23.2 Å². The molecule has 22 heavy (non-hydrogen) atoms. The molecule has 7 atom stereocenters. The van der Waals surface area contributed by atoms with Crippen LogP contribution in [0.4, 0.5) is 4.39 Å². The molecule has 4 rings (SSSR count). The third-order valence-electron chi connectivity index (χ3n) is 7.73. The molecule has 0 aromatic carbocycles. The van der Waals surface area contributed by atoms with Crippen LogP contribution in [-0.2, 0) is 4.79 Å². The molecule has 4 aliphatic rings. The number of Topliss-reactive ketones (excluding diaryl/α,β-unsaturated/α-hetero) is 1. The average molecular weight is 306 g/mol. The van der Waals surface area contributed by atoms with Gasteiger partial charge in [0, 0.05) is 5.41 Å². The summed E-state index contributed by atoms with van der Waals surface area (Å²) < 4.78 is 14.1. The average Bonchev–Trinajstić information content (AvgIpc) is 2.71. The number of aliphatic hydroxyl groups excluding tert-OH is 1. The summed E-state index contributed by atoms with van der Waals surface area (Å²) in [6.07, 6.45) is 6.94. The van der Waals surface area contributed by atoms with Crippen molar-refractivity contribution in [3.8, 4) is 0 Å². The smallest absolute Gasteiger partial charge is 0.173 e. The molecule has 3 fully saturated rings. The Bertz CT molecular complexity index is 542. The number of ketones is 1. The van der Waals surface area contributed by atoms with Crippen molar-refractivity contribution in [1.82, 2.24) is 0 Å². The first-order valence-corrected chi connectivity index (χ1v) is 8.95. The Morgan fingerprint density at radius 1 is 1.18 bits per heavy atom. The first kappa shape index (κ1) is 14.9. The Morgan fingerprint density at radius 3 is 2.73 bits per heavy atom. The van der Waals surface area contributed by atoms with Crippen molar-refractivity contribution in [3.05, 3.63) is 11.6 Å². The van der Waals surface area contributed by atoms with Crippen LogP contribution in [0.1, 0.15) is 58.8 Å². The topological polar surface area (TPSA) is 37.3 Å². The molecular formula is C19H27FO2. The number of carbonyl (C=O) groups is 1. The van der Waals surface area contributed by atoms with Gasteiger partial charge in [-0.25, -0.2) is 4.39 Å². The maximum atomic E-state index is 14.1. The highest BCUT2D eigenvalue weighted by molar-refractivity contribution is 5.91. The normalized spacial score (nSPS) is 54.3. The van der Waals surface area contributed by atoms with Gasteiger partial charge in [-0.2, -0.15) is 0 Å². The standard InChI is InChI=1S/C19H27FO2/c1-18-7-4-3-5-13(18)16(21)9-11-12(18)6-8-19(2)14(11)10-15(20)17(19)22/h5,11-12,14-16,21H,3-4,6-10H2,1-2H3/t11-,12+,14+,15-,16+,18-,19+/m1/s1. The Hall–Kier alpha value is -0.700. The van der Waals surface area contributed by atoms with Crippen LogP contribution in [0.25, 0.3) is 0 Å². The fourth-order valence-corrected chi connectivity index (χ4v) is 6.56. The third-order valence-corrected chi connectivity index (χ3v) is 7.73. The lowest BCUT2D eigenvalue weighted by Gasteiger charge is -2.58. The summed E-state index contributed by atoms with van der Waals surface area (Å²) >= 11 is 0. The molecule has 122 valence electrons. The first-order valence-electron chi connectivity index (χ1n) is 8.95. The molecule has 3 heteroatoms. The minimum absolute atomic E-state index is 0.0688. The van der Waals surface area contributed by atoms with Crippen molar-refractivity contribution in [2.75, 3.05) is 0 Å². The molecule has 0 saturated heterocycles. The molecule has 0 radical (unpaired) electrons. The maximum absolute atomic E-state index is 14.1. The van der Waals surface area contributed by atoms with Gasteiger partial charge in [0.1, 0.15) is 0 Å². The number of aliphatic hydroxyl groups is 1. The van der Waals surface area contributed by atoms with Gasteiger partial charge in [0.2, 0.25) is 0 Å². The Kier molecular flexibility index (Phi) is 3.15. The molecule has 4 aliphatic carbocycles. The van der Waals surface area contributed by atoms with Crippen LogP contribution in [0.2, 0.25) is 0 Å². The predicted octanol–water partition coefficient (Wildman–Crippen LogP) is 3.83. The van der Waals surface area contributed by atoms with Crippen LogP contribution in [0, 0.1) is 28.6 Å². The second kappa shape index (κ2) is 4.66. The molecule has 0 aromatic heterocycles. The van der Waals surface area contributed by atoms with Gasteiger partial charge in [-0.15, -0.1) is 0 Å². The Labute approximate surface area is 132 Å². The van der Waals surface area contributed by atoms with Gasteiger partial charge in [-0.3, -0.25) is 4.79 Å². The number of hydrogen-bond acceptors (Lipinski definition) is 2. The van der Waals surface area contributed by atoms with E-state index in [1.54, 1.807) is 0 Å². The number of carbonyl (C=O) groups excluding carboxylic acids is 1. The molecule has 0 unspecified atom stereocenters. The summed E-state index contributed by atoms with van der Waals surface area (Å²) in [7, 11) is 0. The number of halogens is 1. The summed E-state index contributed by atoms with van der Waals surface area (Å²) in [5.74, 6) is 0.779. The quantitative estimate of drug-likeness (QED) is 0.691. The van der Waals surface area contributed by atoms with Crippen LogP contribution in [-0.4, -0.2) is 23.2 Å². The van der Waals surface area contributed by atoms with Crippen molar-refractivity contribution in [2.45, 2.75) is 71.1 Å². The van der Waals surface area contributed by atoms with E-state index >= 15 is 0 Å². The molecule has 0 aliphatic heterocycles. The number of allylic oxidation sites excluding steroid dienone is 1. The van der Waals surface area contributed by atoms with Gasteiger partial charge in [0.25, 0.3) is 0 Å². The van der Waals surface area contributed by atoms with E-state index < -0.39 is 11.6 Å². The highest BCUT2D eigenvalue weighted by Gasteiger charge is 2.62. The summed E-state index contributed by atoms with van der Waals surface area (Å²) in [4.78, 5) is 12.3. The van der Waals surface area contributed by atoms with Gasteiger partial charge in [0.05, 0.1) is 6.10 Å². The number of fused-ring (bicyclic) bond motifs is 5. The van der Waals surface area contributed by atoms with Crippen molar-refractivity contribution >= 4 is 5.78 Å². The van der Waals surface area contributed by atoms with E-state index in [1.807, 2.05) is 6.92 Å². The molecular weight excluding hydrogens is 279 g/mol. The van der Waals surface area contributed by atoms with Gasteiger partial charge in [0.15, 0.2) is 12.0 Å². The molecule has 1 N–H and O–H groups in total. The molecule has 0 spiro atoms. The van der Waals surface area contributed by atoms with Crippen LogP contribution in [0.15, 0.2) is 11.6 Å². The summed E-state index contributed by atoms with van der Waals surface area (Å²) in [5.41, 5.74) is 0.830. The number of hydrogen-bond donors (Lipinski definition) is 1. The zero-order chi connectivity index (χ0) is 15.7. The van der Waals surface area contributed by atoms with Gasteiger partial charge in [-0.1, -0.05) is 19.9 Å². The van der Waals surface area contributed by atoms with E-state index in [0.29, 0.717) is 18.3 Å².